The third kappa shape index (κ3) is 4.02. The fourth-order valence-electron chi connectivity index (χ4n) is 3.81. The molecule has 7 heteroatoms. The SMILES string of the molecule is Cc1ccc2nc(-c3ccc(NC(=O)C(C)N4CCCC4C(N)=O)cc3)sc2c1. The predicted molar refractivity (Wildman–Crippen MR) is 117 cm³/mol. The summed E-state index contributed by atoms with van der Waals surface area (Å²) in [7, 11) is 0. The Morgan fingerprint density at radius 1 is 1.24 bits per heavy atom. The number of primary amides is 1. The zero-order valence-electron chi connectivity index (χ0n) is 16.5. The van der Waals surface area contributed by atoms with E-state index in [1.807, 2.05) is 42.2 Å². The van der Waals surface area contributed by atoms with Gasteiger partial charge in [-0.1, -0.05) is 6.07 Å². The minimum absolute atomic E-state index is 0.138. The van der Waals surface area contributed by atoms with E-state index in [-0.39, 0.29) is 17.9 Å². The van der Waals surface area contributed by atoms with Crippen molar-refractivity contribution in [3.63, 3.8) is 0 Å². The molecule has 3 aromatic rings. The standard InChI is InChI=1S/C22H24N4O2S/c1-13-5-10-17-19(12-13)29-22(25-17)15-6-8-16(9-7-15)24-21(28)14(2)26-11-3-4-18(26)20(23)27/h5-10,12,14,18H,3-4,11H2,1-2H3,(H2,23,27)(H,24,28). The molecule has 1 aliphatic rings. The largest absolute Gasteiger partial charge is 0.368 e. The summed E-state index contributed by atoms with van der Waals surface area (Å²) in [5, 5.41) is 3.90. The van der Waals surface area contributed by atoms with Crippen LogP contribution in [0.15, 0.2) is 42.5 Å². The lowest BCUT2D eigenvalue weighted by molar-refractivity contribution is -0.126. The lowest BCUT2D eigenvalue weighted by Crippen LogP contribution is -2.49. The number of nitrogens with two attached hydrogens (primary N) is 1. The summed E-state index contributed by atoms with van der Waals surface area (Å²) >= 11 is 1.66. The monoisotopic (exact) mass is 408 g/mol. The molecule has 2 atom stereocenters. The Hall–Kier alpha value is -2.77. The number of aryl methyl sites for hydroxylation is 1. The number of likely N-dealkylation sites (tertiary alicyclic amines) is 1. The van der Waals surface area contributed by atoms with Crippen LogP contribution < -0.4 is 11.1 Å². The third-order valence-corrected chi connectivity index (χ3v) is 6.51. The van der Waals surface area contributed by atoms with Crippen LogP contribution in [0, 0.1) is 6.92 Å². The average molecular weight is 409 g/mol. The number of fused-ring (bicyclic) bond motifs is 1. The second kappa shape index (κ2) is 7.93. The Bertz CT molecular complexity index is 1060. The van der Waals surface area contributed by atoms with Crippen LogP contribution >= 0.6 is 11.3 Å². The summed E-state index contributed by atoms with van der Waals surface area (Å²) in [6.07, 6.45) is 1.59. The molecule has 0 aliphatic carbocycles. The molecule has 2 amide bonds. The van der Waals surface area contributed by atoms with Gasteiger partial charge in [0.25, 0.3) is 0 Å². The van der Waals surface area contributed by atoms with E-state index < -0.39 is 6.04 Å². The number of benzene rings is 2. The quantitative estimate of drug-likeness (QED) is 0.676. The molecule has 2 aromatic carbocycles. The van der Waals surface area contributed by atoms with Crippen molar-refractivity contribution in [1.82, 2.24) is 9.88 Å². The van der Waals surface area contributed by atoms with Gasteiger partial charge in [0.05, 0.1) is 22.3 Å². The van der Waals surface area contributed by atoms with Crippen LogP contribution in [0.4, 0.5) is 5.69 Å². The first-order valence-electron chi connectivity index (χ1n) is 9.76. The number of rotatable bonds is 5. The first-order chi connectivity index (χ1) is 13.9. The summed E-state index contributed by atoms with van der Waals surface area (Å²) in [5.41, 5.74) is 9.42. The molecule has 2 heterocycles. The van der Waals surface area contributed by atoms with Crippen molar-refractivity contribution in [2.24, 2.45) is 5.73 Å². The van der Waals surface area contributed by atoms with E-state index in [0.29, 0.717) is 13.0 Å². The zero-order valence-corrected chi connectivity index (χ0v) is 17.3. The highest BCUT2D eigenvalue weighted by atomic mass is 32.1. The summed E-state index contributed by atoms with van der Waals surface area (Å²) in [6, 6.07) is 13.2. The van der Waals surface area contributed by atoms with E-state index in [1.165, 1.54) is 10.3 Å². The van der Waals surface area contributed by atoms with Crippen molar-refractivity contribution < 1.29 is 9.59 Å². The Labute approximate surface area is 173 Å². The molecule has 3 N–H and O–H groups in total. The number of carbonyl (C=O) groups is 2. The summed E-state index contributed by atoms with van der Waals surface area (Å²) in [4.78, 5) is 30.8. The van der Waals surface area contributed by atoms with Gasteiger partial charge in [-0.2, -0.15) is 0 Å². The number of nitrogens with one attached hydrogen (secondary N) is 1. The number of aromatic nitrogens is 1. The van der Waals surface area contributed by atoms with Crippen LogP contribution in [0.1, 0.15) is 25.3 Å². The Kier molecular flexibility index (Phi) is 5.34. The van der Waals surface area contributed by atoms with Crippen molar-refractivity contribution in [3.8, 4) is 10.6 Å². The van der Waals surface area contributed by atoms with E-state index in [1.54, 1.807) is 11.3 Å². The van der Waals surface area contributed by atoms with Crippen LogP contribution in [-0.2, 0) is 9.59 Å². The van der Waals surface area contributed by atoms with Crippen LogP contribution in [-0.4, -0.2) is 40.3 Å². The lowest BCUT2D eigenvalue weighted by Gasteiger charge is -2.27. The Morgan fingerprint density at radius 2 is 2.00 bits per heavy atom. The number of nitrogens with zero attached hydrogens (tertiary/aromatic N) is 2. The van der Waals surface area contributed by atoms with E-state index in [2.05, 4.69) is 24.4 Å². The molecule has 0 radical (unpaired) electrons. The van der Waals surface area contributed by atoms with E-state index >= 15 is 0 Å². The van der Waals surface area contributed by atoms with Crippen molar-refractivity contribution in [3.05, 3.63) is 48.0 Å². The van der Waals surface area contributed by atoms with Gasteiger partial charge in [0.2, 0.25) is 11.8 Å². The molecule has 2 unspecified atom stereocenters. The molecular formula is C22H24N4O2S. The van der Waals surface area contributed by atoms with Crippen LogP contribution in [0.5, 0.6) is 0 Å². The van der Waals surface area contributed by atoms with Gasteiger partial charge in [-0.05, 0) is 75.2 Å². The number of hydrogen-bond donors (Lipinski definition) is 2. The molecular weight excluding hydrogens is 384 g/mol. The Morgan fingerprint density at radius 3 is 2.72 bits per heavy atom. The number of hydrogen-bond acceptors (Lipinski definition) is 5. The van der Waals surface area contributed by atoms with E-state index in [9.17, 15) is 9.59 Å². The number of anilines is 1. The second-order valence-electron chi connectivity index (χ2n) is 7.53. The highest BCUT2D eigenvalue weighted by Gasteiger charge is 2.35. The molecule has 0 spiro atoms. The average Bonchev–Trinajstić information content (AvgIpc) is 3.34. The van der Waals surface area contributed by atoms with Crippen molar-refractivity contribution in [2.45, 2.75) is 38.8 Å². The van der Waals surface area contributed by atoms with Gasteiger partial charge >= 0.3 is 0 Å². The summed E-state index contributed by atoms with van der Waals surface area (Å²) < 4.78 is 1.17. The van der Waals surface area contributed by atoms with Crippen LogP contribution in [0.25, 0.3) is 20.8 Å². The molecule has 6 nitrogen and oxygen atoms in total. The van der Waals surface area contributed by atoms with Gasteiger partial charge in [0.1, 0.15) is 5.01 Å². The van der Waals surface area contributed by atoms with Crippen molar-refractivity contribution in [1.29, 1.82) is 0 Å². The molecule has 0 saturated carbocycles. The first kappa shape index (κ1) is 19.5. The molecule has 1 saturated heterocycles. The second-order valence-corrected chi connectivity index (χ2v) is 8.56. The maximum atomic E-state index is 12.7. The van der Waals surface area contributed by atoms with Gasteiger partial charge in [-0.3, -0.25) is 14.5 Å². The van der Waals surface area contributed by atoms with Crippen molar-refractivity contribution in [2.75, 3.05) is 11.9 Å². The number of thiazole rings is 1. The number of amides is 2. The first-order valence-corrected chi connectivity index (χ1v) is 10.6. The highest BCUT2D eigenvalue weighted by Crippen LogP contribution is 2.31. The lowest BCUT2D eigenvalue weighted by atomic mass is 10.1. The molecule has 0 bridgehead atoms. The summed E-state index contributed by atoms with van der Waals surface area (Å²) in [6.45, 7) is 4.59. The van der Waals surface area contributed by atoms with E-state index in [4.69, 9.17) is 10.7 Å². The minimum Gasteiger partial charge on any atom is -0.368 e. The Balaban J connectivity index is 1.46. The van der Waals surface area contributed by atoms with Gasteiger partial charge in [-0.15, -0.1) is 11.3 Å². The molecule has 1 aromatic heterocycles. The van der Waals surface area contributed by atoms with Gasteiger partial charge in [-0.25, -0.2) is 4.98 Å². The van der Waals surface area contributed by atoms with Gasteiger partial charge in [0, 0.05) is 11.3 Å². The molecule has 4 rings (SSSR count). The molecule has 150 valence electrons. The fourth-order valence-corrected chi connectivity index (χ4v) is 4.88. The smallest absolute Gasteiger partial charge is 0.241 e. The number of carbonyl (C=O) groups excluding carboxylic acids is 2. The van der Waals surface area contributed by atoms with Crippen LogP contribution in [0.2, 0.25) is 0 Å². The molecule has 29 heavy (non-hydrogen) atoms. The zero-order chi connectivity index (χ0) is 20.5. The van der Waals surface area contributed by atoms with Crippen LogP contribution in [0.3, 0.4) is 0 Å². The molecule has 1 aliphatic heterocycles. The van der Waals surface area contributed by atoms with Crippen molar-refractivity contribution >= 4 is 39.1 Å². The predicted octanol–water partition coefficient (Wildman–Crippen LogP) is 3.55. The topological polar surface area (TPSA) is 88.3 Å². The normalized spacial score (nSPS) is 18.1. The highest BCUT2D eigenvalue weighted by molar-refractivity contribution is 7.21. The maximum Gasteiger partial charge on any atom is 0.241 e. The molecule has 1 fully saturated rings. The maximum absolute atomic E-state index is 12.7. The third-order valence-electron chi connectivity index (χ3n) is 5.44. The van der Waals surface area contributed by atoms with Gasteiger partial charge < -0.3 is 11.1 Å². The van der Waals surface area contributed by atoms with E-state index in [0.717, 1.165) is 28.2 Å². The minimum atomic E-state index is -0.415. The fraction of sp³-hybridized carbons (Fsp3) is 0.318. The van der Waals surface area contributed by atoms with Gasteiger partial charge in [0.15, 0.2) is 0 Å². The summed E-state index contributed by atoms with van der Waals surface area (Å²) in [5.74, 6) is -0.501.